The standard InChI is InChI=1S/C14H17F3O3/c1-2-9-20-13(19)8-7-12(18)10-5-3-4-6-11(10)14(15,16)17/h3-6,12,18H,2,7-9H2,1H3. The van der Waals surface area contributed by atoms with E-state index in [9.17, 15) is 23.1 Å². The quantitative estimate of drug-likeness (QED) is 0.816. The molecule has 0 saturated heterocycles. The van der Waals surface area contributed by atoms with E-state index in [-0.39, 0.29) is 25.0 Å². The fraction of sp³-hybridized carbons (Fsp3) is 0.500. The second-order valence-electron chi connectivity index (χ2n) is 4.36. The fourth-order valence-corrected chi connectivity index (χ4v) is 1.74. The molecule has 0 aliphatic rings. The third-order valence-corrected chi connectivity index (χ3v) is 2.71. The summed E-state index contributed by atoms with van der Waals surface area (Å²) < 4.78 is 43.1. The highest BCUT2D eigenvalue weighted by Crippen LogP contribution is 2.35. The third-order valence-electron chi connectivity index (χ3n) is 2.71. The molecule has 1 unspecified atom stereocenters. The number of benzene rings is 1. The van der Waals surface area contributed by atoms with Crippen molar-refractivity contribution < 1.29 is 27.8 Å². The number of aliphatic hydroxyl groups excluding tert-OH is 1. The molecule has 1 aromatic carbocycles. The van der Waals surface area contributed by atoms with Gasteiger partial charge in [0.2, 0.25) is 0 Å². The van der Waals surface area contributed by atoms with Crippen molar-refractivity contribution in [3.63, 3.8) is 0 Å². The molecule has 6 heteroatoms. The van der Waals surface area contributed by atoms with Gasteiger partial charge in [0.05, 0.1) is 18.3 Å². The van der Waals surface area contributed by atoms with Gasteiger partial charge in [0.25, 0.3) is 0 Å². The fourth-order valence-electron chi connectivity index (χ4n) is 1.74. The van der Waals surface area contributed by atoms with E-state index < -0.39 is 23.8 Å². The summed E-state index contributed by atoms with van der Waals surface area (Å²) in [6.07, 6.45) is -5.42. The molecule has 0 amide bonds. The molecule has 0 heterocycles. The van der Waals surface area contributed by atoms with Gasteiger partial charge in [-0.1, -0.05) is 25.1 Å². The van der Waals surface area contributed by atoms with Gasteiger partial charge in [-0.15, -0.1) is 0 Å². The van der Waals surface area contributed by atoms with Gasteiger partial charge in [-0.3, -0.25) is 4.79 Å². The molecule has 0 spiro atoms. The Morgan fingerprint density at radius 1 is 1.35 bits per heavy atom. The molecule has 1 N–H and O–H groups in total. The van der Waals surface area contributed by atoms with Gasteiger partial charge in [-0.05, 0) is 24.5 Å². The maximum absolute atomic E-state index is 12.8. The normalized spacial score (nSPS) is 13.1. The number of rotatable bonds is 6. The number of hydrogen-bond acceptors (Lipinski definition) is 3. The Labute approximate surface area is 115 Å². The van der Waals surface area contributed by atoms with Gasteiger partial charge in [0, 0.05) is 6.42 Å². The highest BCUT2D eigenvalue weighted by Gasteiger charge is 2.34. The SMILES string of the molecule is CCCOC(=O)CCC(O)c1ccccc1C(F)(F)F. The lowest BCUT2D eigenvalue weighted by Gasteiger charge is -2.17. The van der Waals surface area contributed by atoms with Crippen molar-refractivity contribution in [3.05, 3.63) is 35.4 Å². The van der Waals surface area contributed by atoms with Crippen LogP contribution in [0.2, 0.25) is 0 Å². The zero-order chi connectivity index (χ0) is 15.2. The van der Waals surface area contributed by atoms with Crippen LogP contribution in [0.15, 0.2) is 24.3 Å². The van der Waals surface area contributed by atoms with Crippen LogP contribution < -0.4 is 0 Å². The Balaban J connectivity index is 2.69. The summed E-state index contributed by atoms with van der Waals surface area (Å²) in [4.78, 5) is 11.3. The monoisotopic (exact) mass is 290 g/mol. The summed E-state index contributed by atoms with van der Waals surface area (Å²) in [5.74, 6) is -0.518. The largest absolute Gasteiger partial charge is 0.466 e. The van der Waals surface area contributed by atoms with Gasteiger partial charge in [0.15, 0.2) is 0 Å². The maximum Gasteiger partial charge on any atom is 0.416 e. The lowest BCUT2D eigenvalue weighted by molar-refractivity contribution is -0.144. The van der Waals surface area contributed by atoms with Crippen LogP contribution >= 0.6 is 0 Å². The van der Waals surface area contributed by atoms with Crippen LogP contribution in [0, 0.1) is 0 Å². The van der Waals surface area contributed by atoms with Gasteiger partial charge < -0.3 is 9.84 Å². The second-order valence-corrected chi connectivity index (χ2v) is 4.36. The van der Waals surface area contributed by atoms with Crippen molar-refractivity contribution in [3.8, 4) is 0 Å². The zero-order valence-electron chi connectivity index (χ0n) is 11.1. The van der Waals surface area contributed by atoms with Crippen molar-refractivity contribution in [1.29, 1.82) is 0 Å². The van der Waals surface area contributed by atoms with Crippen molar-refractivity contribution in [2.45, 2.75) is 38.5 Å². The zero-order valence-corrected chi connectivity index (χ0v) is 11.1. The Bertz CT molecular complexity index is 444. The Morgan fingerprint density at radius 2 is 2.00 bits per heavy atom. The van der Waals surface area contributed by atoms with Crippen LogP contribution in [0.1, 0.15) is 43.4 Å². The van der Waals surface area contributed by atoms with E-state index in [1.165, 1.54) is 18.2 Å². The molecule has 1 rings (SSSR count). The van der Waals surface area contributed by atoms with Crippen LogP contribution in [0.3, 0.4) is 0 Å². The second kappa shape index (κ2) is 7.28. The van der Waals surface area contributed by atoms with E-state index in [4.69, 9.17) is 4.74 Å². The average Bonchev–Trinajstić information content (AvgIpc) is 2.41. The summed E-state index contributed by atoms with van der Waals surface area (Å²) in [5, 5.41) is 9.83. The minimum Gasteiger partial charge on any atom is -0.466 e. The molecule has 0 bridgehead atoms. The average molecular weight is 290 g/mol. The minimum absolute atomic E-state index is 0.102. The number of carbonyl (C=O) groups is 1. The predicted octanol–water partition coefficient (Wildman–Crippen LogP) is 3.47. The Hall–Kier alpha value is -1.56. The highest BCUT2D eigenvalue weighted by atomic mass is 19.4. The van der Waals surface area contributed by atoms with E-state index in [0.29, 0.717) is 6.42 Å². The van der Waals surface area contributed by atoms with Crippen LogP contribution in [0.5, 0.6) is 0 Å². The number of carbonyl (C=O) groups excluding carboxylic acids is 1. The molecule has 0 aliphatic heterocycles. The van der Waals surface area contributed by atoms with Crippen molar-refractivity contribution in [2.75, 3.05) is 6.61 Å². The predicted molar refractivity (Wildman–Crippen MR) is 66.9 cm³/mol. The van der Waals surface area contributed by atoms with Crippen molar-refractivity contribution in [1.82, 2.24) is 0 Å². The molecule has 20 heavy (non-hydrogen) atoms. The van der Waals surface area contributed by atoms with Crippen LogP contribution in [0.25, 0.3) is 0 Å². The topological polar surface area (TPSA) is 46.5 Å². The summed E-state index contributed by atoms with van der Waals surface area (Å²) in [7, 11) is 0. The van der Waals surface area contributed by atoms with Crippen LogP contribution in [-0.2, 0) is 15.7 Å². The van der Waals surface area contributed by atoms with Gasteiger partial charge >= 0.3 is 12.1 Å². The molecular formula is C14H17F3O3. The first-order chi connectivity index (χ1) is 9.36. The molecule has 0 fully saturated rings. The van der Waals surface area contributed by atoms with Crippen molar-refractivity contribution in [2.24, 2.45) is 0 Å². The van der Waals surface area contributed by atoms with Crippen LogP contribution in [0.4, 0.5) is 13.2 Å². The highest BCUT2D eigenvalue weighted by molar-refractivity contribution is 5.69. The summed E-state index contributed by atoms with van der Waals surface area (Å²) in [6, 6.07) is 4.80. The number of esters is 1. The molecule has 0 radical (unpaired) electrons. The molecule has 1 atom stereocenters. The lowest BCUT2D eigenvalue weighted by Crippen LogP contribution is -2.13. The molecule has 112 valence electrons. The van der Waals surface area contributed by atoms with Crippen molar-refractivity contribution >= 4 is 5.97 Å². The summed E-state index contributed by atoms with van der Waals surface area (Å²) in [5.41, 5.74) is -1.10. The van der Waals surface area contributed by atoms with E-state index in [0.717, 1.165) is 6.07 Å². The lowest BCUT2D eigenvalue weighted by atomic mass is 9.99. The maximum atomic E-state index is 12.8. The number of ether oxygens (including phenoxy) is 1. The van der Waals surface area contributed by atoms with E-state index in [1.54, 1.807) is 0 Å². The van der Waals surface area contributed by atoms with Crippen LogP contribution in [-0.4, -0.2) is 17.7 Å². The smallest absolute Gasteiger partial charge is 0.416 e. The third kappa shape index (κ3) is 4.85. The first kappa shape index (κ1) is 16.5. The summed E-state index contributed by atoms with van der Waals surface area (Å²) >= 11 is 0. The van der Waals surface area contributed by atoms with E-state index >= 15 is 0 Å². The van der Waals surface area contributed by atoms with E-state index in [1.807, 2.05) is 6.92 Å². The number of hydrogen-bond donors (Lipinski definition) is 1. The number of halogens is 3. The molecule has 0 aliphatic carbocycles. The molecular weight excluding hydrogens is 273 g/mol. The number of aliphatic hydroxyl groups is 1. The van der Waals surface area contributed by atoms with Gasteiger partial charge in [0.1, 0.15) is 0 Å². The molecule has 0 saturated carbocycles. The molecule has 0 aromatic heterocycles. The number of alkyl halides is 3. The first-order valence-electron chi connectivity index (χ1n) is 6.36. The molecule has 3 nitrogen and oxygen atoms in total. The first-order valence-corrected chi connectivity index (χ1v) is 6.36. The Morgan fingerprint density at radius 3 is 2.60 bits per heavy atom. The van der Waals surface area contributed by atoms with Gasteiger partial charge in [-0.2, -0.15) is 13.2 Å². The molecule has 1 aromatic rings. The summed E-state index contributed by atoms with van der Waals surface area (Å²) in [6.45, 7) is 2.11. The Kier molecular flexibility index (Phi) is 6.01. The van der Waals surface area contributed by atoms with Gasteiger partial charge in [-0.25, -0.2) is 0 Å². The minimum atomic E-state index is -4.53. The van der Waals surface area contributed by atoms with E-state index in [2.05, 4.69) is 0 Å².